The van der Waals surface area contributed by atoms with E-state index in [-0.39, 0.29) is 12.4 Å². The van der Waals surface area contributed by atoms with Gasteiger partial charge in [-0.15, -0.1) is 5.10 Å². The molecule has 0 aliphatic heterocycles. The van der Waals surface area contributed by atoms with Gasteiger partial charge in [0.15, 0.2) is 11.5 Å². The first kappa shape index (κ1) is 20.2. The third-order valence-electron chi connectivity index (χ3n) is 3.07. The summed E-state index contributed by atoms with van der Waals surface area (Å²) in [6.45, 7) is 2.08. The van der Waals surface area contributed by atoms with Crippen LogP contribution in [0.2, 0.25) is 0 Å². The highest BCUT2D eigenvalue weighted by atomic mass is 79.9. The summed E-state index contributed by atoms with van der Waals surface area (Å²) in [6.07, 6.45) is 1.42. The minimum atomic E-state index is -0.739. The van der Waals surface area contributed by atoms with Crippen LogP contribution in [0, 0.1) is 0 Å². The molecule has 1 heterocycles. The van der Waals surface area contributed by atoms with Gasteiger partial charge in [-0.25, -0.2) is 15.3 Å². The molecular formula is C15H17BrN6O5. The van der Waals surface area contributed by atoms with Gasteiger partial charge in [-0.2, -0.15) is 5.10 Å². The van der Waals surface area contributed by atoms with Crippen molar-refractivity contribution in [3.63, 3.8) is 0 Å². The maximum absolute atomic E-state index is 11.8. The van der Waals surface area contributed by atoms with Gasteiger partial charge in [-0.3, -0.25) is 14.6 Å². The summed E-state index contributed by atoms with van der Waals surface area (Å²) >= 11 is 3.39. The molecule has 0 unspecified atom stereocenters. The van der Waals surface area contributed by atoms with Gasteiger partial charge in [0.05, 0.1) is 30.9 Å². The van der Waals surface area contributed by atoms with Crippen molar-refractivity contribution in [2.45, 2.75) is 6.92 Å². The van der Waals surface area contributed by atoms with Crippen LogP contribution >= 0.6 is 15.9 Å². The lowest BCUT2D eigenvalue weighted by molar-refractivity contribution is -0.119. The van der Waals surface area contributed by atoms with Crippen LogP contribution in [0.3, 0.4) is 0 Å². The maximum Gasteiger partial charge on any atom is 0.342 e. The van der Waals surface area contributed by atoms with Crippen LogP contribution in [-0.2, 0) is 4.79 Å². The number of H-pyrrole nitrogens is 2. The van der Waals surface area contributed by atoms with Gasteiger partial charge in [-0.05, 0) is 40.5 Å². The van der Waals surface area contributed by atoms with Crippen molar-refractivity contribution in [3.05, 3.63) is 43.0 Å². The minimum absolute atomic E-state index is 0.186. The van der Waals surface area contributed by atoms with Crippen LogP contribution in [0.25, 0.3) is 0 Å². The molecule has 1 aromatic heterocycles. The number of methoxy groups -OCH3 is 1. The molecule has 144 valence electrons. The number of amides is 1. The van der Waals surface area contributed by atoms with Gasteiger partial charge in [0.2, 0.25) is 5.82 Å². The first-order chi connectivity index (χ1) is 12.9. The lowest BCUT2D eigenvalue weighted by atomic mass is 10.2. The Morgan fingerprint density at radius 1 is 1.41 bits per heavy atom. The van der Waals surface area contributed by atoms with Gasteiger partial charge >= 0.3 is 5.69 Å². The van der Waals surface area contributed by atoms with E-state index in [2.05, 4.69) is 36.9 Å². The number of ether oxygens (including phenoxy) is 2. The second kappa shape index (κ2) is 9.52. The molecule has 4 N–H and O–H groups in total. The molecule has 0 fully saturated rings. The fourth-order valence-electron chi connectivity index (χ4n) is 1.95. The maximum atomic E-state index is 11.8. The Morgan fingerprint density at radius 2 is 2.19 bits per heavy atom. The Labute approximate surface area is 161 Å². The van der Waals surface area contributed by atoms with Gasteiger partial charge in [-0.1, -0.05) is 0 Å². The molecule has 1 aromatic carbocycles. The molecule has 2 rings (SSSR count). The average Bonchev–Trinajstić information content (AvgIpc) is 2.63. The lowest BCUT2D eigenvalue weighted by Gasteiger charge is -2.11. The minimum Gasteiger partial charge on any atom is -0.493 e. The summed E-state index contributed by atoms with van der Waals surface area (Å²) in [6, 6.07) is 3.46. The zero-order valence-corrected chi connectivity index (χ0v) is 16.0. The number of nitrogens with one attached hydrogen (secondary N) is 4. The number of hydrogen-bond donors (Lipinski definition) is 4. The van der Waals surface area contributed by atoms with E-state index in [9.17, 15) is 14.4 Å². The van der Waals surface area contributed by atoms with Crippen LogP contribution in [-0.4, -0.2) is 47.6 Å². The standard InChI is InChI=1S/C15H17BrN6O5/c1-3-27-12-9(16)4-8(5-10(12)26-2)6-18-20-11(23)7-17-13-14(24)19-15(25)22-21-13/h4-6H,3,7H2,1-2H3,(H,17,21)(H,20,23)(H2,19,22,24,25)/b18-6+. The van der Waals surface area contributed by atoms with Gasteiger partial charge in [0, 0.05) is 0 Å². The zero-order chi connectivity index (χ0) is 19.8. The monoisotopic (exact) mass is 440 g/mol. The molecule has 0 atom stereocenters. The predicted octanol–water partition coefficient (Wildman–Crippen LogP) is 0.190. The predicted molar refractivity (Wildman–Crippen MR) is 102 cm³/mol. The molecule has 2 aromatic rings. The highest BCUT2D eigenvalue weighted by Crippen LogP contribution is 2.36. The quantitative estimate of drug-likeness (QED) is 0.337. The van der Waals surface area contributed by atoms with Gasteiger partial charge < -0.3 is 14.8 Å². The number of halogens is 1. The number of aromatic nitrogens is 3. The molecule has 1 amide bonds. The Hall–Kier alpha value is -3.15. The summed E-state index contributed by atoms with van der Waals surface area (Å²) in [5, 5.41) is 11.9. The fraction of sp³-hybridized carbons (Fsp3) is 0.267. The number of anilines is 1. The number of hydrogen-bond acceptors (Lipinski definition) is 8. The molecule has 0 saturated heterocycles. The molecule has 27 heavy (non-hydrogen) atoms. The Bertz CT molecular complexity index is 954. The third-order valence-corrected chi connectivity index (χ3v) is 3.66. The van der Waals surface area contributed by atoms with Crippen LogP contribution in [0.1, 0.15) is 12.5 Å². The average molecular weight is 441 g/mol. The third kappa shape index (κ3) is 5.67. The van der Waals surface area contributed by atoms with Crippen LogP contribution in [0.4, 0.5) is 5.82 Å². The number of carbonyl (C=O) groups is 1. The van der Waals surface area contributed by atoms with E-state index >= 15 is 0 Å². The molecule has 0 radical (unpaired) electrons. The van der Waals surface area contributed by atoms with E-state index in [1.165, 1.54) is 13.3 Å². The van der Waals surface area contributed by atoms with Crippen molar-refractivity contribution < 1.29 is 14.3 Å². The van der Waals surface area contributed by atoms with Gasteiger partial charge in [0.25, 0.3) is 11.5 Å². The molecule has 0 bridgehead atoms. The van der Waals surface area contributed by atoms with E-state index in [1.54, 1.807) is 12.1 Å². The van der Waals surface area contributed by atoms with Crippen molar-refractivity contribution in [1.29, 1.82) is 0 Å². The molecular weight excluding hydrogens is 424 g/mol. The van der Waals surface area contributed by atoms with E-state index < -0.39 is 17.2 Å². The van der Waals surface area contributed by atoms with E-state index in [0.717, 1.165) is 0 Å². The normalized spacial score (nSPS) is 10.6. The first-order valence-corrected chi connectivity index (χ1v) is 8.49. The van der Waals surface area contributed by atoms with Crippen LogP contribution < -0.4 is 31.5 Å². The number of hydrazone groups is 1. The van der Waals surface area contributed by atoms with Gasteiger partial charge in [0.1, 0.15) is 0 Å². The number of aromatic amines is 2. The molecule has 0 aliphatic carbocycles. The zero-order valence-electron chi connectivity index (χ0n) is 14.5. The summed E-state index contributed by atoms with van der Waals surface area (Å²) in [4.78, 5) is 36.0. The largest absolute Gasteiger partial charge is 0.493 e. The molecule has 0 aliphatic rings. The Balaban J connectivity index is 1.96. The van der Waals surface area contributed by atoms with E-state index in [4.69, 9.17) is 9.47 Å². The number of carbonyl (C=O) groups excluding carboxylic acids is 1. The lowest BCUT2D eigenvalue weighted by Crippen LogP contribution is -2.31. The highest BCUT2D eigenvalue weighted by Gasteiger charge is 2.10. The molecule has 0 saturated carbocycles. The summed E-state index contributed by atoms with van der Waals surface area (Å²) < 4.78 is 11.5. The van der Waals surface area contributed by atoms with Crippen molar-refractivity contribution >= 4 is 33.9 Å². The second-order valence-electron chi connectivity index (χ2n) is 4.97. The smallest absolute Gasteiger partial charge is 0.342 e. The topological polar surface area (TPSA) is 151 Å². The summed E-state index contributed by atoms with van der Waals surface area (Å²) in [7, 11) is 1.52. The van der Waals surface area contributed by atoms with E-state index in [0.29, 0.717) is 28.1 Å². The number of rotatable bonds is 8. The van der Waals surface area contributed by atoms with Crippen molar-refractivity contribution in [1.82, 2.24) is 20.6 Å². The Morgan fingerprint density at radius 3 is 2.85 bits per heavy atom. The Kier molecular flexibility index (Phi) is 7.11. The van der Waals surface area contributed by atoms with Crippen molar-refractivity contribution in [3.8, 4) is 11.5 Å². The first-order valence-electron chi connectivity index (χ1n) is 7.69. The highest BCUT2D eigenvalue weighted by molar-refractivity contribution is 9.10. The summed E-state index contributed by atoms with van der Waals surface area (Å²) in [5.41, 5.74) is 1.48. The van der Waals surface area contributed by atoms with Crippen LogP contribution in [0.5, 0.6) is 11.5 Å². The number of nitrogens with zero attached hydrogens (tertiary/aromatic N) is 2. The van der Waals surface area contributed by atoms with Crippen molar-refractivity contribution in [2.75, 3.05) is 25.6 Å². The SMILES string of the molecule is CCOc1c(Br)cc(/C=N/NC(=O)CNc2n[nH]c(=O)[nH]c2=O)cc1OC. The fourth-order valence-corrected chi connectivity index (χ4v) is 2.52. The molecule has 12 heteroatoms. The molecule has 11 nitrogen and oxygen atoms in total. The summed E-state index contributed by atoms with van der Waals surface area (Å²) in [5.74, 6) is 0.387. The second-order valence-corrected chi connectivity index (χ2v) is 5.82. The van der Waals surface area contributed by atoms with Crippen molar-refractivity contribution in [2.24, 2.45) is 5.10 Å². The molecule has 0 spiro atoms. The van der Waals surface area contributed by atoms with E-state index in [1.807, 2.05) is 17.0 Å². The number of benzene rings is 1. The van der Waals surface area contributed by atoms with Crippen LogP contribution in [0.15, 0.2) is 31.3 Å².